The Morgan fingerprint density at radius 1 is 1.02 bits per heavy atom. The van der Waals surface area contributed by atoms with Crippen LogP contribution in [-0.2, 0) is 20.7 Å². The number of carbonyl (C=O) groups is 2. The number of hydrogen-bond donors (Lipinski definition) is 3. The van der Waals surface area contributed by atoms with Crippen molar-refractivity contribution in [3.05, 3.63) is 120 Å². The van der Waals surface area contributed by atoms with Crippen LogP contribution < -0.4 is 16.0 Å². The van der Waals surface area contributed by atoms with E-state index in [1.54, 1.807) is 12.4 Å². The minimum absolute atomic E-state index is 0.0193. The molecule has 0 spiro atoms. The van der Waals surface area contributed by atoms with Gasteiger partial charge < -0.3 is 25.5 Å². The summed E-state index contributed by atoms with van der Waals surface area (Å²) in [6.07, 6.45) is 4.18. The van der Waals surface area contributed by atoms with Gasteiger partial charge in [0.2, 0.25) is 5.91 Å². The Morgan fingerprint density at radius 2 is 1.68 bits per heavy atom. The van der Waals surface area contributed by atoms with Crippen LogP contribution in [-0.4, -0.2) is 54.4 Å². The zero-order valence-corrected chi connectivity index (χ0v) is 23.0. The van der Waals surface area contributed by atoms with E-state index in [0.29, 0.717) is 31.7 Å². The number of nitrogens with zero attached hydrogens (tertiary/aromatic N) is 2. The van der Waals surface area contributed by atoms with E-state index in [2.05, 4.69) is 15.3 Å². The molecule has 2 heterocycles. The van der Waals surface area contributed by atoms with E-state index in [9.17, 15) is 9.59 Å². The molecule has 2 amide bonds. The Morgan fingerprint density at radius 3 is 2.24 bits per heavy atom. The first-order valence-electron chi connectivity index (χ1n) is 13.8. The number of imidazole rings is 1. The number of rotatable bonds is 10. The summed E-state index contributed by atoms with van der Waals surface area (Å²) in [5, 5.41) is 3.49. The summed E-state index contributed by atoms with van der Waals surface area (Å²) < 4.78 is 11.4. The largest absolute Gasteiger partial charge is 0.452 e. The second-order valence-electron chi connectivity index (χ2n) is 10.0. The molecule has 4 aromatic rings. The number of aromatic amines is 1. The van der Waals surface area contributed by atoms with E-state index in [-0.39, 0.29) is 12.1 Å². The monoisotopic (exact) mass is 553 g/mol. The summed E-state index contributed by atoms with van der Waals surface area (Å²) >= 11 is 0. The number of anilines is 1. The number of hydrogen-bond acceptors (Lipinski definition) is 6. The molecule has 0 bridgehead atoms. The third kappa shape index (κ3) is 6.48. The van der Waals surface area contributed by atoms with Crippen LogP contribution in [0, 0.1) is 0 Å². The van der Waals surface area contributed by atoms with E-state index >= 15 is 0 Å². The summed E-state index contributed by atoms with van der Waals surface area (Å²) in [4.78, 5) is 35.6. The van der Waals surface area contributed by atoms with Crippen molar-refractivity contribution in [3.63, 3.8) is 0 Å². The van der Waals surface area contributed by atoms with Crippen LogP contribution in [0.3, 0.4) is 0 Å². The minimum atomic E-state index is -1.05. The van der Waals surface area contributed by atoms with E-state index in [1.807, 2.05) is 84.9 Å². The SMILES string of the molecule is COC(=O)N(c1ccccc1CC[C@@H]1CN[C@H](c2ncc[nH]2)CO1)[C@H](C(N)=O)C(c1ccccc1)c1ccccc1. The number of aryl methyl sites for hydroxylation is 1. The molecular formula is C32H35N5O4. The lowest BCUT2D eigenvalue weighted by atomic mass is 9.83. The molecule has 1 saturated heterocycles. The molecule has 0 aliphatic carbocycles. The summed E-state index contributed by atoms with van der Waals surface area (Å²) in [6.45, 7) is 1.18. The summed E-state index contributed by atoms with van der Waals surface area (Å²) in [7, 11) is 1.31. The maximum atomic E-state index is 13.5. The number of primary amides is 1. The van der Waals surface area contributed by atoms with Crippen LogP contribution in [0.1, 0.15) is 40.9 Å². The van der Waals surface area contributed by atoms with Gasteiger partial charge in [0.25, 0.3) is 0 Å². The van der Waals surface area contributed by atoms with Crippen molar-refractivity contribution in [3.8, 4) is 0 Å². The molecule has 0 radical (unpaired) electrons. The molecule has 1 aromatic heterocycles. The fraction of sp³-hybridized carbons (Fsp3) is 0.281. The molecular weight excluding hydrogens is 518 g/mol. The third-order valence-electron chi connectivity index (χ3n) is 7.50. The average Bonchev–Trinajstić information content (AvgIpc) is 3.56. The smallest absolute Gasteiger partial charge is 0.414 e. The molecule has 9 heteroatoms. The Balaban J connectivity index is 1.44. The predicted molar refractivity (Wildman–Crippen MR) is 156 cm³/mol. The summed E-state index contributed by atoms with van der Waals surface area (Å²) in [6, 6.07) is 25.8. The number of morpholine rings is 1. The molecule has 1 aliphatic heterocycles. The number of para-hydroxylation sites is 1. The highest BCUT2D eigenvalue weighted by molar-refractivity contribution is 5.98. The third-order valence-corrected chi connectivity index (χ3v) is 7.50. The zero-order chi connectivity index (χ0) is 28.6. The Hall–Kier alpha value is -4.47. The van der Waals surface area contributed by atoms with Gasteiger partial charge in [0.05, 0.1) is 31.5 Å². The first-order valence-corrected chi connectivity index (χ1v) is 13.8. The first kappa shape index (κ1) is 28.1. The summed E-state index contributed by atoms with van der Waals surface area (Å²) in [5.74, 6) is -0.301. The second-order valence-corrected chi connectivity index (χ2v) is 10.0. The average molecular weight is 554 g/mol. The number of H-pyrrole nitrogens is 1. The lowest BCUT2D eigenvalue weighted by Gasteiger charge is -2.36. The Labute approximate surface area is 239 Å². The van der Waals surface area contributed by atoms with E-state index in [1.165, 1.54) is 12.0 Å². The van der Waals surface area contributed by atoms with Crippen LogP contribution in [0.5, 0.6) is 0 Å². The molecule has 1 fully saturated rings. The molecule has 4 N–H and O–H groups in total. The highest BCUT2D eigenvalue weighted by Crippen LogP contribution is 2.35. The van der Waals surface area contributed by atoms with E-state index < -0.39 is 24.0 Å². The molecule has 0 saturated carbocycles. The van der Waals surface area contributed by atoms with Crippen molar-refractivity contribution in [2.75, 3.05) is 25.2 Å². The lowest BCUT2D eigenvalue weighted by molar-refractivity contribution is -0.119. The van der Waals surface area contributed by atoms with Crippen molar-refractivity contribution in [2.24, 2.45) is 5.73 Å². The highest BCUT2D eigenvalue weighted by atomic mass is 16.5. The van der Waals surface area contributed by atoms with Crippen LogP contribution >= 0.6 is 0 Å². The Bertz CT molecular complexity index is 1370. The van der Waals surface area contributed by atoms with Gasteiger partial charge in [-0.1, -0.05) is 78.9 Å². The van der Waals surface area contributed by atoms with Crippen molar-refractivity contribution in [1.29, 1.82) is 0 Å². The standard InChI is InChI=1S/C32H35N5O4/c1-40-32(39)37(29(30(33)38)28(23-11-4-2-5-12-23)24-13-6-3-7-14-24)27-15-9-8-10-22(27)16-17-25-20-36-26(21-41-25)31-34-18-19-35-31/h2-15,18-19,25-26,28-29,36H,16-17,20-21H2,1H3,(H2,33,38)(H,34,35)/t25-,26+,29+/m1/s1. The van der Waals surface area contributed by atoms with Crippen molar-refractivity contribution in [2.45, 2.75) is 36.9 Å². The van der Waals surface area contributed by atoms with Gasteiger partial charge in [-0.05, 0) is 35.6 Å². The van der Waals surface area contributed by atoms with E-state index in [0.717, 1.165) is 22.5 Å². The van der Waals surface area contributed by atoms with Gasteiger partial charge in [0, 0.05) is 24.9 Å². The first-order chi connectivity index (χ1) is 20.1. The van der Waals surface area contributed by atoms with Crippen LogP contribution in [0.2, 0.25) is 0 Å². The van der Waals surface area contributed by atoms with Crippen molar-refractivity contribution in [1.82, 2.24) is 15.3 Å². The van der Waals surface area contributed by atoms with Gasteiger partial charge in [0.15, 0.2) is 0 Å². The zero-order valence-electron chi connectivity index (χ0n) is 23.0. The lowest BCUT2D eigenvalue weighted by Crippen LogP contribution is -2.52. The number of methoxy groups -OCH3 is 1. The van der Waals surface area contributed by atoms with Gasteiger partial charge in [-0.2, -0.15) is 0 Å². The van der Waals surface area contributed by atoms with E-state index in [4.69, 9.17) is 15.2 Å². The molecule has 9 nitrogen and oxygen atoms in total. The molecule has 0 unspecified atom stereocenters. The maximum absolute atomic E-state index is 13.5. The van der Waals surface area contributed by atoms with Crippen molar-refractivity contribution >= 4 is 17.7 Å². The highest BCUT2D eigenvalue weighted by Gasteiger charge is 2.39. The second kappa shape index (κ2) is 13.3. The molecule has 1 aliphatic rings. The number of ether oxygens (including phenoxy) is 2. The minimum Gasteiger partial charge on any atom is -0.452 e. The van der Waals surface area contributed by atoms with Crippen LogP contribution in [0.25, 0.3) is 0 Å². The maximum Gasteiger partial charge on any atom is 0.414 e. The van der Waals surface area contributed by atoms with Gasteiger partial charge in [0.1, 0.15) is 11.9 Å². The molecule has 3 atom stereocenters. The summed E-state index contributed by atoms with van der Waals surface area (Å²) in [5.41, 5.74) is 9.31. The van der Waals surface area contributed by atoms with Gasteiger partial charge in [-0.25, -0.2) is 9.78 Å². The molecule has 212 valence electrons. The fourth-order valence-electron chi connectivity index (χ4n) is 5.51. The number of amides is 2. The van der Waals surface area contributed by atoms with Crippen molar-refractivity contribution < 1.29 is 19.1 Å². The number of benzene rings is 3. The number of nitrogens with two attached hydrogens (primary N) is 1. The van der Waals surface area contributed by atoms with Gasteiger partial charge in [-0.3, -0.25) is 9.69 Å². The van der Waals surface area contributed by atoms with Crippen LogP contribution in [0.4, 0.5) is 10.5 Å². The molecule has 5 rings (SSSR count). The number of aromatic nitrogens is 2. The molecule has 3 aromatic carbocycles. The van der Waals surface area contributed by atoms with Gasteiger partial charge >= 0.3 is 6.09 Å². The Kier molecular flexibility index (Phi) is 9.08. The van der Waals surface area contributed by atoms with Gasteiger partial charge in [-0.15, -0.1) is 0 Å². The quantitative estimate of drug-likeness (QED) is 0.269. The van der Waals surface area contributed by atoms with Crippen LogP contribution in [0.15, 0.2) is 97.3 Å². The topological polar surface area (TPSA) is 123 Å². The number of nitrogens with one attached hydrogen (secondary N) is 2. The normalized spacial score (nSPS) is 17.6. The fourth-order valence-corrected chi connectivity index (χ4v) is 5.51. The number of carbonyl (C=O) groups excluding carboxylic acids is 2. The molecule has 41 heavy (non-hydrogen) atoms. The predicted octanol–water partition coefficient (Wildman–Crippen LogP) is 4.33.